The molecular formula is C25H25ClN2O4. The smallest absolute Gasteiger partial charge is 0.404 e. The molecule has 0 aliphatic carbocycles. The maximum Gasteiger partial charge on any atom is 0.404 e. The van der Waals surface area contributed by atoms with Gasteiger partial charge in [-0.2, -0.15) is 0 Å². The van der Waals surface area contributed by atoms with Gasteiger partial charge in [-0.25, -0.2) is 4.79 Å². The molecule has 0 radical (unpaired) electrons. The summed E-state index contributed by atoms with van der Waals surface area (Å²) in [6.45, 7) is 2.99. The Morgan fingerprint density at radius 3 is 2.31 bits per heavy atom. The Bertz CT molecular complexity index is 1050. The molecule has 166 valence electrons. The highest BCUT2D eigenvalue weighted by molar-refractivity contribution is 6.30. The largest absolute Gasteiger partial charge is 0.488 e. The number of carboxylic acid groups (broad SMARTS) is 1. The van der Waals surface area contributed by atoms with Crippen molar-refractivity contribution in [3.8, 4) is 5.75 Å². The van der Waals surface area contributed by atoms with E-state index in [4.69, 9.17) is 21.4 Å². The van der Waals surface area contributed by atoms with Crippen molar-refractivity contribution in [3.63, 3.8) is 0 Å². The molecule has 0 bridgehead atoms. The number of carbonyl (C=O) groups is 2. The van der Waals surface area contributed by atoms with Gasteiger partial charge in [0.25, 0.3) is 5.91 Å². The fourth-order valence-corrected chi connectivity index (χ4v) is 3.27. The Hall–Kier alpha value is -3.51. The lowest BCUT2D eigenvalue weighted by atomic mass is 10.1. The number of benzene rings is 3. The molecular weight excluding hydrogens is 428 g/mol. The zero-order chi connectivity index (χ0) is 22.9. The first-order chi connectivity index (χ1) is 15.4. The molecule has 2 amide bonds. The van der Waals surface area contributed by atoms with E-state index < -0.39 is 6.09 Å². The Morgan fingerprint density at radius 2 is 1.62 bits per heavy atom. The number of nitrogens with one attached hydrogen (secondary N) is 1. The number of carbonyl (C=O) groups excluding carboxylic acids is 1. The van der Waals surface area contributed by atoms with Crippen LogP contribution < -0.4 is 10.1 Å². The summed E-state index contributed by atoms with van der Waals surface area (Å²) in [4.78, 5) is 25.9. The van der Waals surface area contributed by atoms with Crippen molar-refractivity contribution in [2.75, 3.05) is 13.1 Å². The van der Waals surface area contributed by atoms with Crippen molar-refractivity contribution in [3.05, 3.63) is 100 Å². The number of nitrogens with zero attached hydrogens (tertiary/aromatic N) is 1. The van der Waals surface area contributed by atoms with Crippen LogP contribution in [0.5, 0.6) is 5.75 Å². The minimum atomic E-state index is -1.13. The van der Waals surface area contributed by atoms with Gasteiger partial charge in [-0.1, -0.05) is 65.7 Å². The molecule has 2 N–H and O–H groups in total. The molecule has 0 saturated carbocycles. The number of para-hydroxylation sites is 1. The molecule has 32 heavy (non-hydrogen) atoms. The quantitative estimate of drug-likeness (QED) is 0.471. The molecule has 0 aromatic heterocycles. The molecule has 3 aromatic rings. The third kappa shape index (κ3) is 6.75. The normalized spacial score (nSPS) is 10.4. The van der Waals surface area contributed by atoms with Crippen molar-refractivity contribution in [1.29, 1.82) is 0 Å². The van der Waals surface area contributed by atoms with Gasteiger partial charge < -0.3 is 20.1 Å². The number of rotatable bonds is 9. The molecule has 0 heterocycles. The Morgan fingerprint density at radius 1 is 0.969 bits per heavy atom. The zero-order valence-corrected chi connectivity index (χ0v) is 18.5. The fraction of sp³-hybridized carbons (Fsp3) is 0.200. The first-order valence-corrected chi connectivity index (χ1v) is 10.6. The summed E-state index contributed by atoms with van der Waals surface area (Å²) >= 11 is 5.97. The van der Waals surface area contributed by atoms with Gasteiger partial charge in [0.1, 0.15) is 12.4 Å². The predicted octanol–water partition coefficient (Wildman–Crippen LogP) is 5.14. The van der Waals surface area contributed by atoms with E-state index >= 15 is 0 Å². The molecule has 0 saturated heterocycles. The maximum absolute atomic E-state index is 13.4. The summed E-state index contributed by atoms with van der Waals surface area (Å²) < 4.78 is 5.97. The van der Waals surface area contributed by atoms with Crippen molar-refractivity contribution >= 4 is 23.6 Å². The second-order valence-corrected chi connectivity index (χ2v) is 7.79. The lowest BCUT2D eigenvalue weighted by Crippen LogP contribution is -2.38. The number of aryl methyl sites for hydroxylation is 1. The van der Waals surface area contributed by atoms with Crippen molar-refractivity contribution < 1.29 is 19.4 Å². The summed E-state index contributed by atoms with van der Waals surface area (Å²) in [6.07, 6.45) is -1.13. The second kappa shape index (κ2) is 11.2. The average Bonchev–Trinajstić information content (AvgIpc) is 2.79. The highest BCUT2D eigenvalue weighted by Gasteiger charge is 2.20. The van der Waals surface area contributed by atoms with Crippen LogP contribution in [0.3, 0.4) is 0 Å². The van der Waals surface area contributed by atoms with Gasteiger partial charge >= 0.3 is 6.09 Å². The third-order valence-electron chi connectivity index (χ3n) is 4.86. The van der Waals surface area contributed by atoms with Crippen LogP contribution in [0, 0.1) is 6.92 Å². The van der Waals surface area contributed by atoms with E-state index in [0.29, 0.717) is 29.5 Å². The van der Waals surface area contributed by atoms with E-state index in [9.17, 15) is 9.59 Å². The number of ether oxygens (including phenoxy) is 1. The first kappa shape index (κ1) is 23.2. The minimum Gasteiger partial charge on any atom is -0.488 e. The summed E-state index contributed by atoms with van der Waals surface area (Å²) in [6, 6.07) is 22.3. The van der Waals surface area contributed by atoms with Crippen molar-refractivity contribution in [2.24, 2.45) is 0 Å². The van der Waals surface area contributed by atoms with E-state index in [1.165, 1.54) is 0 Å². The highest BCUT2D eigenvalue weighted by Crippen LogP contribution is 2.22. The van der Waals surface area contributed by atoms with E-state index in [2.05, 4.69) is 5.32 Å². The van der Waals surface area contributed by atoms with Crippen molar-refractivity contribution in [1.82, 2.24) is 10.2 Å². The molecule has 0 spiro atoms. The highest BCUT2D eigenvalue weighted by atomic mass is 35.5. The van der Waals surface area contributed by atoms with Gasteiger partial charge in [0.15, 0.2) is 0 Å². The Kier molecular flexibility index (Phi) is 8.11. The van der Waals surface area contributed by atoms with Gasteiger partial charge in [-0.3, -0.25) is 4.79 Å². The lowest BCUT2D eigenvalue weighted by Gasteiger charge is -2.24. The number of hydrogen-bond acceptors (Lipinski definition) is 3. The van der Waals surface area contributed by atoms with Crippen LogP contribution in [-0.4, -0.2) is 35.1 Å². The van der Waals surface area contributed by atoms with Gasteiger partial charge in [-0.05, 0) is 42.3 Å². The molecule has 0 atom stereocenters. The van der Waals surface area contributed by atoms with E-state index in [1.54, 1.807) is 35.2 Å². The Labute approximate surface area is 192 Å². The lowest BCUT2D eigenvalue weighted by molar-refractivity contribution is 0.0738. The molecule has 3 rings (SSSR count). The van der Waals surface area contributed by atoms with Crippen molar-refractivity contribution in [2.45, 2.75) is 20.1 Å². The van der Waals surface area contributed by atoms with Crippen LogP contribution in [0.4, 0.5) is 4.79 Å². The molecule has 3 aromatic carbocycles. The van der Waals surface area contributed by atoms with Gasteiger partial charge in [0.05, 0.1) is 5.56 Å². The van der Waals surface area contributed by atoms with Gasteiger partial charge in [-0.15, -0.1) is 0 Å². The average molecular weight is 453 g/mol. The standard InChI is InChI=1S/C25H25ClN2O4/c1-18-6-8-20(9-7-18)17-32-23-5-3-2-4-22(23)24(29)28(15-14-27-25(30)31)16-19-10-12-21(26)13-11-19/h2-13,27H,14-17H2,1H3,(H,30,31). The molecule has 0 unspecified atom stereocenters. The number of halogens is 1. The zero-order valence-electron chi connectivity index (χ0n) is 17.8. The predicted molar refractivity (Wildman–Crippen MR) is 124 cm³/mol. The summed E-state index contributed by atoms with van der Waals surface area (Å²) in [5, 5.41) is 11.8. The summed E-state index contributed by atoms with van der Waals surface area (Å²) in [7, 11) is 0. The van der Waals surface area contributed by atoms with Gasteiger partial charge in [0.2, 0.25) is 0 Å². The third-order valence-corrected chi connectivity index (χ3v) is 5.12. The van der Waals surface area contributed by atoms with E-state index in [-0.39, 0.29) is 19.0 Å². The van der Waals surface area contributed by atoms with Crippen LogP contribution in [0.15, 0.2) is 72.8 Å². The number of amides is 2. The SMILES string of the molecule is Cc1ccc(COc2ccccc2C(=O)N(CCNC(=O)O)Cc2ccc(Cl)cc2)cc1. The molecule has 6 nitrogen and oxygen atoms in total. The topological polar surface area (TPSA) is 78.9 Å². The van der Waals surface area contributed by atoms with Crippen LogP contribution in [-0.2, 0) is 13.2 Å². The second-order valence-electron chi connectivity index (χ2n) is 7.36. The summed E-state index contributed by atoms with van der Waals surface area (Å²) in [5.74, 6) is 0.233. The van der Waals surface area contributed by atoms with Crippen LogP contribution in [0.2, 0.25) is 5.02 Å². The Balaban J connectivity index is 1.78. The van der Waals surface area contributed by atoms with E-state index in [1.807, 2.05) is 49.4 Å². The van der Waals surface area contributed by atoms with Crippen LogP contribution in [0.25, 0.3) is 0 Å². The van der Waals surface area contributed by atoms with E-state index in [0.717, 1.165) is 16.7 Å². The van der Waals surface area contributed by atoms with Crippen LogP contribution >= 0.6 is 11.6 Å². The van der Waals surface area contributed by atoms with Gasteiger partial charge in [0, 0.05) is 24.7 Å². The molecule has 0 fully saturated rings. The molecule has 0 aliphatic heterocycles. The molecule has 0 aliphatic rings. The maximum atomic E-state index is 13.4. The summed E-state index contributed by atoms with van der Waals surface area (Å²) in [5.41, 5.74) is 3.47. The first-order valence-electron chi connectivity index (χ1n) is 10.2. The fourth-order valence-electron chi connectivity index (χ4n) is 3.15. The monoisotopic (exact) mass is 452 g/mol. The number of hydrogen-bond donors (Lipinski definition) is 2. The van der Waals surface area contributed by atoms with Crippen LogP contribution in [0.1, 0.15) is 27.0 Å². The minimum absolute atomic E-state index is 0.112. The molecule has 7 heteroatoms.